The maximum atomic E-state index is 12.8. The summed E-state index contributed by atoms with van der Waals surface area (Å²) in [6.45, 7) is 1.52. The molecule has 0 radical (unpaired) electrons. The Morgan fingerprint density at radius 2 is 1.96 bits per heavy atom. The molecule has 24 heavy (non-hydrogen) atoms. The zero-order chi connectivity index (χ0) is 16.7. The fraction of sp³-hybridized carbons (Fsp3) is 0.579. The number of carbonyl (C=O) groups excluding carboxylic acids is 2. The third kappa shape index (κ3) is 2.76. The summed E-state index contributed by atoms with van der Waals surface area (Å²) >= 11 is 0. The number of carbonyl (C=O) groups is 2. The molecule has 2 heterocycles. The van der Waals surface area contributed by atoms with E-state index in [2.05, 4.69) is 17.5 Å². The van der Waals surface area contributed by atoms with Gasteiger partial charge in [0, 0.05) is 38.3 Å². The van der Waals surface area contributed by atoms with Crippen LogP contribution in [0.3, 0.4) is 0 Å². The first-order valence-corrected chi connectivity index (χ1v) is 9.01. The van der Waals surface area contributed by atoms with Gasteiger partial charge in [-0.15, -0.1) is 0 Å². The smallest absolute Gasteiger partial charge is 0.268 e. The standard InChI is InChI=1S/C19H25N3O2/c1-21-8-2-3-17(21)18(23)20-15-6-9-22(10-7-15)19(24)16-12-13-4-5-14(16)11-13/h2-5,8,13-16H,6-7,9-12H2,1H3,(H,20,23)/t13-,14+,16+/m0/s1. The van der Waals surface area contributed by atoms with Crippen molar-refractivity contribution < 1.29 is 9.59 Å². The fourth-order valence-electron chi connectivity index (χ4n) is 4.50. The number of amides is 2. The van der Waals surface area contributed by atoms with Gasteiger partial charge in [0.1, 0.15) is 5.69 Å². The van der Waals surface area contributed by atoms with Crippen LogP contribution in [-0.2, 0) is 11.8 Å². The zero-order valence-corrected chi connectivity index (χ0v) is 14.1. The van der Waals surface area contributed by atoms with Gasteiger partial charge in [-0.3, -0.25) is 9.59 Å². The molecule has 2 fully saturated rings. The van der Waals surface area contributed by atoms with E-state index >= 15 is 0 Å². The van der Waals surface area contributed by atoms with Gasteiger partial charge in [-0.1, -0.05) is 12.2 Å². The van der Waals surface area contributed by atoms with Crippen LogP contribution in [0.1, 0.15) is 36.2 Å². The van der Waals surface area contributed by atoms with Crippen molar-refractivity contribution in [3.05, 3.63) is 36.2 Å². The number of fused-ring (bicyclic) bond motifs is 2. The third-order valence-electron chi connectivity index (χ3n) is 5.91. The third-order valence-corrected chi connectivity index (χ3v) is 5.91. The lowest BCUT2D eigenvalue weighted by molar-refractivity contribution is -0.137. The molecule has 0 spiro atoms. The van der Waals surface area contributed by atoms with Gasteiger partial charge in [-0.25, -0.2) is 0 Å². The Balaban J connectivity index is 1.29. The Bertz CT molecular complexity index is 670. The summed E-state index contributed by atoms with van der Waals surface area (Å²) in [6.07, 6.45) is 10.3. The highest BCUT2D eigenvalue weighted by Crippen LogP contribution is 2.44. The summed E-state index contributed by atoms with van der Waals surface area (Å²) in [6, 6.07) is 3.87. The van der Waals surface area contributed by atoms with Crippen LogP contribution in [0.5, 0.6) is 0 Å². The van der Waals surface area contributed by atoms with Crippen LogP contribution in [0.2, 0.25) is 0 Å². The first kappa shape index (κ1) is 15.5. The predicted octanol–water partition coefficient (Wildman–Crippen LogP) is 1.96. The number of piperidine rings is 1. The molecule has 3 aliphatic rings. The number of aryl methyl sites for hydroxylation is 1. The first-order chi connectivity index (χ1) is 11.6. The number of aromatic nitrogens is 1. The maximum absolute atomic E-state index is 12.8. The minimum Gasteiger partial charge on any atom is -0.348 e. The summed E-state index contributed by atoms with van der Waals surface area (Å²) in [5.74, 6) is 1.61. The van der Waals surface area contributed by atoms with Gasteiger partial charge in [-0.05, 0) is 49.7 Å². The molecule has 2 amide bonds. The fourth-order valence-corrected chi connectivity index (χ4v) is 4.50. The molecule has 0 aromatic carbocycles. The van der Waals surface area contributed by atoms with Gasteiger partial charge in [0.05, 0.1) is 0 Å². The van der Waals surface area contributed by atoms with Crippen molar-refractivity contribution in [2.24, 2.45) is 24.8 Å². The van der Waals surface area contributed by atoms with Crippen molar-refractivity contribution in [2.45, 2.75) is 31.7 Å². The van der Waals surface area contributed by atoms with Crippen LogP contribution in [0.15, 0.2) is 30.5 Å². The number of hydrogen-bond acceptors (Lipinski definition) is 2. The van der Waals surface area contributed by atoms with E-state index in [9.17, 15) is 9.59 Å². The molecule has 5 heteroatoms. The number of likely N-dealkylation sites (tertiary alicyclic amines) is 1. The van der Waals surface area contributed by atoms with Crippen molar-refractivity contribution >= 4 is 11.8 Å². The summed E-state index contributed by atoms with van der Waals surface area (Å²) in [5, 5.41) is 3.11. The number of allylic oxidation sites excluding steroid dienone is 2. The molecule has 1 saturated heterocycles. The molecular weight excluding hydrogens is 302 g/mol. The number of hydrogen-bond donors (Lipinski definition) is 1. The van der Waals surface area contributed by atoms with Crippen LogP contribution < -0.4 is 5.32 Å². The van der Waals surface area contributed by atoms with E-state index in [4.69, 9.17) is 0 Å². The Hall–Kier alpha value is -2.04. The van der Waals surface area contributed by atoms with E-state index in [0.29, 0.717) is 23.4 Å². The van der Waals surface area contributed by atoms with Gasteiger partial charge in [0.15, 0.2) is 0 Å². The summed E-state index contributed by atoms with van der Waals surface area (Å²) in [4.78, 5) is 27.1. The number of rotatable bonds is 3. The Kier molecular flexibility index (Phi) is 3.94. The quantitative estimate of drug-likeness (QED) is 0.863. The molecule has 1 aliphatic heterocycles. The Labute approximate surface area is 142 Å². The van der Waals surface area contributed by atoms with E-state index in [-0.39, 0.29) is 17.9 Å². The molecule has 2 aliphatic carbocycles. The summed E-state index contributed by atoms with van der Waals surface area (Å²) < 4.78 is 1.83. The van der Waals surface area contributed by atoms with Crippen molar-refractivity contribution in [1.82, 2.24) is 14.8 Å². The van der Waals surface area contributed by atoms with E-state index in [0.717, 1.165) is 32.4 Å². The lowest BCUT2D eigenvalue weighted by atomic mass is 9.91. The van der Waals surface area contributed by atoms with Crippen molar-refractivity contribution in [3.8, 4) is 0 Å². The van der Waals surface area contributed by atoms with Crippen LogP contribution in [0, 0.1) is 17.8 Å². The van der Waals surface area contributed by atoms with Crippen LogP contribution >= 0.6 is 0 Å². The van der Waals surface area contributed by atoms with E-state index in [1.54, 1.807) is 0 Å². The molecule has 2 bridgehead atoms. The lowest BCUT2D eigenvalue weighted by Gasteiger charge is -2.35. The Morgan fingerprint density at radius 1 is 1.17 bits per heavy atom. The molecule has 3 atom stereocenters. The van der Waals surface area contributed by atoms with Gasteiger partial charge in [0.25, 0.3) is 5.91 Å². The molecule has 5 nitrogen and oxygen atoms in total. The molecule has 128 valence electrons. The highest BCUT2D eigenvalue weighted by molar-refractivity contribution is 5.92. The Morgan fingerprint density at radius 3 is 2.54 bits per heavy atom. The van der Waals surface area contributed by atoms with E-state index < -0.39 is 0 Å². The molecule has 1 aromatic rings. The second kappa shape index (κ2) is 6.11. The molecule has 1 aromatic heterocycles. The van der Waals surface area contributed by atoms with Gasteiger partial charge in [-0.2, -0.15) is 0 Å². The molecule has 0 unspecified atom stereocenters. The average molecular weight is 327 g/mol. The molecule has 1 N–H and O–H groups in total. The molecule has 4 rings (SSSR count). The largest absolute Gasteiger partial charge is 0.348 e. The average Bonchev–Trinajstić information content (AvgIpc) is 3.31. The van der Waals surface area contributed by atoms with Gasteiger partial charge in [0.2, 0.25) is 5.91 Å². The predicted molar refractivity (Wildman–Crippen MR) is 91.3 cm³/mol. The van der Waals surface area contributed by atoms with Crippen molar-refractivity contribution in [3.63, 3.8) is 0 Å². The zero-order valence-electron chi connectivity index (χ0n) is 14.1. The van der Waals surface area contributed by atoms with Crippen LogP contribution in [0.4, 0.5) is 0 Å². The van der Waals surface area contributed by atoms with Gasteiger partial charge >= 0.3 is 0 Å². The lowest BCUT2D eigenvalue weighted by Crippen LogP contribution is -2.48. The first-order valence-electron chi connectivity index (χ1n) is 9.01. The second-order valence-corrected chi connectivity index (χ2v) is 7.46. The van der Waals surface area contributed by atoms with Crippen LogP contribution in [0.25, 0.3) is 0 Å². The van der Waals surface area contributed by atoms with Crippen molar-refractivity contribution in [2.75, 3.05) is 13.1 Å². The van der Waals surface area contributed by atoms with Gasteiger partial charge < -0.3 is 14.8 Å². The van der Waals surface area contributed by atoms with E-state index in [1.165, 1.54) is 6.42 Å². The second-order valence-electron chi connectivity index (χ2n) is 7.46. The van der Waals surface area contributed by atoms with E-state index in [1.807, 2.05) is 34.8 Å². The summed E-state index contributed by atoms with van der Waals surface area (Å²) in [7, 11) is 1.87. The highest BCUT2D eigenvalue weighted by atomic mass is 16.2. The van der Waals surface area contributed by atoms with Crippen molar-refractivity contribution in [1.29, 1.82) is 0 Å². The maximum Gasteiger partial charge on any atom is 0.268 e. The monoisotopic (exact) mass is 327 g/mol. The number of nitrogens with one attached hydrogen (secondary N) is 1. The minimum absolute atomic E-state index is 0.0227. The highest BCUT2D eigenvalue weighted by Gasteiger charge is 2.42. The number of nitrogens with zero attached hydrogens (tertiary/aromatic N) is 2. The van der Waals surface area contributed by atoms with Crippen LogP contribution in [-0.4, -0.2) is 40.4 Å². The SMILES string of the molecule is Cn1cccc1C(=O)NC1CCN(C(=O)[C@@H]2C[C@H]3C=C[C@@H]2C3)CC1. The molecular formula is C19H25N3O2. The topological polar surface area (TPSA) is 54.3 Å². The molecule has 1 saturated carbocycles. The normalized spacial score (nSPS) is 29.2. The summed E-state index contributed by atoms with van der Waals surface area (Å²) in [5.41, 5.74) is 0.683. The minimum atomic E-state index is -0.0227.